The van der Waals surface area contributed by atoms with Gasteiger partial charge in [-0.05, 0) is 18.6 Å². The molecule has 0 fully saturated rings. The zero-order valence-corrected chi connectivity index (χ0v) is 9.54. The Kier molecular flexibility index (Phi) is 4.83. The molecule has 1 aromatic rings. The van der Waals surface area contributed by atoms with Gasteiger partial charge in [0, 0.05) is 28.3 Å². The summed E-state index contributed by atoms with van der Waals surface area (Å²) in [5, 5.41) is 19.3. The van der Waals surface area contributed by atoms with Gasteiger partial charge in [0.1, 0.15) is 0 Å². The van der Waals surface area contributed by atoms with Gasteiger partial charge in [0.2, 0.25) is 0 Å². The summed E-state index contributed by atoms with van der Waals surface area (Å²) in [6.07, 6.45) is -0.665. The van der Waals surface area contributed by atoms with Crippen molar-refractivity contribution < 1.29 is 10.2 Å². The number of nitrogens with two attached hydrogens (primary N) is 1. The van der Waals surface area contributed by atoms with Gasteiger partial charge in [-0.3, -0.25) is 0 Å². The van der Waals surface area contributed by atoms with Crippen molar-refractivity contribution in [1.29, 1.82) is 0 Å². The molecule has 84 valence electrons. The van der Waals surface area contributed by atoms with Crippen molar-refractivity contribution in [2.75, 3.05) is 6.61 Å². The average Bonchev–Trinajstić information content (AvgIpc) is 2.17. The van der Waals surface area contributed by atoms with E-state index in [0.717, 1.165) is 0 Å². The topological polar surface area (TPSA) is 66.5 Å². The summed E-state index contributed by atoms with van der Waals surface area (Å²) < 4.78 is 0. The summed E-state index contributed by atoms with van der Waals surface area (Å²) in [5.41, 5.74) is 6.09. The molecule has 3 nitrogen and oxygen atoms in total. The number of benzene rings is 1. The van der Waals surface area contributed by atoms with Crippen LogP contribution in [0.4, 0.5) is 0 Å². The van der Waals surface area contributed by atoms with Crippen molar-refractivity contribution in [1.82, 2.24) is 0 Å². The first-order chi connectivity index (χ1) is 7.07. The van der Waals surface area contributed by atoms with Gasteiger partial charge < -0.3 is 15.9 Å². The zero-order valence-electron chi connectivity index (χ0n) is 8.03. The molecule has 0 aromatic heterocycles. The molecule has 2 unspecified atom stereocenters. The molecule has 2 atom stereocenters. The second-order valence-corrected chi connectivity index (χ2v) is 4.07. The van der Waals surface area contributed by atoms with Crippen LogP contribution in [0.25, 0.3) is 0 Å². The van der Waals surface area contributed by atoms with Crippen LogP contribution >= 0.6 is 23.2 Å². The van der Waals surface area contributed by atoms with Crippen molar-refractivity contribution in [3.05, 3.63) is 33.8 Å². The number of hydrogen-bond acceptors (Lipinski definition) is 3. The highest BCUT2D eigenvalue weighted by atomic mass is 35.5. The van der Waals surface area contributed by atoms with Gasteiger partial charge in [-0.25, -0.2) is 0 Å². The van der Waals surface area contributed by atoms with Gasteiger partial charge >= 0.3 is 0 Å². The molecule has 1 aromatic carbocycles. The molecule has 1 rings (SSSR count). The molecule has 0 heterocycles. The molecule has 0 saturated heterocycles. The molecule has 15 heavy (non-hydrogen) atoms. The minimum Gasteiger partial charge on any atom is -0.396 e. The number of hydrogen-bond donors (Lipinski definition) is 3. The van der Waals surface area contributed by atoms with Crippen LogP contribution < -0.4 is 5.73 Å². The van der Waals surface area contributed by atoms with Gasteiger partial charge in [0.25, 0.3) is 0 Å². The smallest absolute Gasteiger partial charge is 0.0970 e. The molecular weight excluding hydrogens is 237 g/mol. The number of rotatable bonds is 4. The molecule has 0 aliphatic rings. The molecular formula is C10H13Cl2NO2. The van der Waals surface area contributed by atoms with E-state index in [1.54, 1.807) is 18.2 Å². The molecule has 0 amide bonds. The third kappa shape index (κ3) is 3.06. The summed E-state index contributed by atoms with van der Waals surface area (Å²) in [7, 11) is 0. The Bertz CT molecular complexity index is 313. The maximum Gasteiger partial charge on any atom is 0.0970 e. The SMILES string of the molecule is NC(CCO)C(O)c1c(Cl)cccc1Cl. The Balaban J connectivity index is 2.94. The molecule has 0 aliphatic carbocycles. The van der Waals surface area contributed by atoms with Gasteiger partial charge in [-0.1, -0.05) is 29.3 Å². The number of halogens is 2. The first-order valence-corrected chi connectivity index (χ1v) is 5.32. The lowest BCUT2D eigenvalue weighted by Gasteiger charge is -2.20. The maximum atomic E-state index is 9.88. The van der Waals surface area contributed by atoms with E-state index in [0.29, 0.717) is 22.0 Å². The fraction of sp³-hybridized carbons (Fsp3) is 0.400. The van der Waals surface area contributed by atoms with Crippen molar-refractivity contribution in [3.8, 4) is 0 Å². The summed E-state index contributed by atoms with van der Waals surface area (Å²) in [5.74, 6) is 0. The summed E-state index contributed by atoms with van der Waals surface area (Å²) in [4.78, 5) is 0. The standard InChI is InChI=1S/C10H13Cl2NO2/c11-6-2-1-3-7(12)9(6)10(15)8(13)4-5-14/h1-3,8,10,14-15H,4-5,13H2. The van der Waals surface area contributed by atoms with Gasteiger partial charge in [0.15, 0.2) is 0 Å². The van der Waals surface area contributed by atoms with E-state index >= 15 is 0 Å². The minimum absolute atomic E-state index is 0.0830. The first-order valence-electron chi connectivity index (χ1n) is 4.56. The van der Waals surface area contributed by atoms with E-state index in [-0.39, 0.29) is 6.61 Å². The Morgan fingerprint density at radius 1 is 1.27 bits per heavy atom. The summed E-state index contributed by atoms with van der Waals surface area (Å²) >= 11 is 11.8. The normalized spacial score (nSPS) is 15.0. The fourth-order valence-electron chi connectivity index (χ4n) is 1.31. The van der Waals surface area contributed by atoms with E-state index in [1.807, 2.05) is 0 Å². The van der Waals surface area contributed by atoms with Gasteiger partial charge in [-0.15, -0.1) is 0 Å². The molecule has 0 saturated carbocycles. The van der Waals surface area contributed by atoms with Crippen LogP contribution in [0.2, 0.25) is 10.0 Å². The Labute approximate surface area is 98.4 Å². The monoisotopic (exact) mass is 249 g/mol. The van der Waals surface area contributed by atoms with Gasteiger partial charge in [0.05, 0.1) is 6.10 Å². The van der Waals surface area contributed by atoms with Crippen LogP contribution in [-0.4, -0.2) is 22.9 Å². The van der Waals surface area contributed by atoms with Crippen LogP contribution in [0.15, 0.2) is 18.2 Å². The highest BCUT2D eigenvalue weighted by Gasteiger charge is 2.21. The second kappa shape index (κ2) is 5.68. The first kappa shape index (κ1) is 12.7. The molecule has 0 aliphatic heterocycles. The number of aliphatic hydroxyl groups excluding tert-OH is 2. The van der Waals surface area contributed by atoms with Crippen molar-refractivity contribution in [2.24, 2.45) is 5.73 Å². The quantitative estimate of drug-likeness (QED) is 0.762. The summed E-state index contributed by atoms with van der Waals surface area (Å²) in [6.45, 7) is -0.0830. The third-order valence-corrected chi connectivity index (χ3v) is 2.82. The highest BCUT2D eigenvalue weighted by molar-refractivity contribution is 6.36. The van der Waals surface area contributed by atoms with E-state index in [2.05, 4.69) is 0 Å². The fourth-order valence-corrected chi connectivity index (χ4v) is 1.94. The van der Waals surface area contributed by atoms with Crippen LogP contribution in [0, 0.1) is 0 Å². The lowest BCUT2D eigenvalue weighted by atomic mass is 10.0. The lowest BCUT2D eigenvalue weighted by Crippen LogP contribution is -2.29. The molecule has 0 spiro atoms. The van der Waals surface area contributed by atoms with Crippen LogP contribution in [-0.2, 0) is 0 Å². The minimum atomic E-state index is -0.960. The second-order valence-electron chi connectivity index (χ2n) is 3.26. The van der Waals surface area contributed by atoms with Crippen molar-refractivity contribution >= 4 is 23.2 Å². The van der Waals surface area contributed by atoms with Crippen LogP contribution in [0.3, 0.4) is 0 Å². The van der Waals surface area contributed by atoms with E-state index in [1.165, 1.54) is 0 Å². The Hall–Kier alpha value is -0.320. The van der Waals surface area contributed by atoms with Crippen LogP contribution in [0.1, 0.15) is 18.1 Å². The molecule has 4 N–H and O–H groups in total. The van der Waals surface area contributed by atoms with Gasteiger partial charge in [-0.2, -0.15) is 0 Å². The Morgan fingerprint density at radius 3 is 2.27 bits per heavy atom. The van der Waals surface area contributed by atoms with E-state index in [4.69, 9.17) is 34.0 Å². The molecule has 5 heteroatoms. The summed E-state index contributed by atoms with van der Waals surface area (Å²) in [6, 6.07) is 4.39. The van der Waals surface area contributed by atoms with Crippen molar-refractivity contribution in [2.45, 2.75) is 18.6 Å². The predicted octanol–water partition coefficient (Wildman–Crippen LogP) is 1.74. The van der Waals surface area contributed by atoms with E-state index < -0.39 is 12.1 Å². The lowest BCUT2D eigenvalue weighted by molar-refractivity contribution is 0.129. The van der Waals surface area contributed by atoms with E-state index in [9.17, 15) is 5.11 Å². The largest absolute Gasteiger partial charge is 0.396 e. The highest BCUT2D eigenvalue weighted by Crippen LogP contribution is 2.31. The predicted molar refractivity (Wildman–Crippen MR) is 61.1 cm³/mol. The maximum absolute atomic E-state index is 9.88. The zero-order chi connectivity index (χ0) is 11.4. The molecule has 0 bridgehead atoms. The van der Waals surface area contributed by atoms with Crippen molar-refractivity contribution in [3.63, 3.8) is 0 Å². The average molecular weight is 250 g/mol. The molecule has 0 radical (unpaired) electrons. The third-order valence-electron chi connectivity index (χ3n) is 2.16. The number of aliphatic hydroxyl groups is 2. The Morgan fingerprint density at radius 2 is 1.80 bits per heavy atom. The van der Waals surface area contributed by atoms with Crippen LogP contribution in [0.5, 0.6) is 0 Å².